The summed E-state index contributed by atoms with van der Waals surface area (Å²) in [6.07, 6.45) is 25.7. The molecular weight excluding hydrogens is 610 g/mol. The maximum Gasteiger partial charge on any atom is 0.220 e. The van der Waals surface area contributed by atoms with Crippen LogP contribution in [-0.2, 0) is 14.3 Å². The first kappa shape index (κ1) is 45.0. The van der Waals surface area contributed by atoms with Crippen LogP contribution in [0, 0.1) is 0 Å². The average molecular weight is 686 g/mol. The largest absolute Gasteiger partial charge is 0.394 e. The highest BCUT2D eigenvalue weighted by Crippen LogP contribution is 2.22. The van der Waals surface area contributed by atoms with Crippen molar-refractivity contribution in [1.82, 2.24) is 5.32 Å². The van der Waals surface area contributed by atoms with Gasteiger partial charge in [-0.2, -0.15) is 0 Å². The molecule has 48 heavy (non-hydrogen) atoms. The molecule has 284 valence electrons. The third kappa shape index (κ3) is 21.9. The molecule has 7 unspecified atom stereocenters. The van der Waals surface area contributed by atoms with Gasteiger partial charge in [-0.05, 0) is 19.3 Å². The lowest BCUT2D eigenvalue weighted by Crippen LogP contribution is -2.60. The van der Waals surface area contributed by atoms with Gasteiger partial charge in [0.05, 0.1) is 25.4 Å². The molecule has 0 aromatic carbocycles. The fourth-order valence-electron chi connectivity index (χ4n) is 6.33. The van der Waals surface area contributed by atoms with E-state index in [1.54, 1.807) is 6.08 Å². The zero-order valence-electron chi connectivity index (χ0n) is 30.7. The third-order valence-corrected chi connectivity index (χ3v) is 9.61. The number of unbranched alkanes of at least 4 members (excludes halogenated alkanes) is 22. The number of aliphatic hydroxyl groups excluding tert-OH is 5. The Labute approximate surface area is 293 Å². The fourth-order valence-corrected chi connectivity index (χ4v) is 6.33. The molecule has 0 aliphatic carbocycles. The molecule has 1 aliphatic heterocycles. The molecule has 1 aliphatic rings. The highest BCUT2D eigenvalue weighted by atomic mass is 16.7. The van der Waals surface area contributed by atoms with Crippen molar-refractivity contribution >= 4 is 5.91 Å². The standard InChI is InChI=1S/C39H75NO8/c1-3-5-7-9-11-12-13-14-15-16-17-18-19-20-21-22-23-24-26-28-33(42)32(40-35(43)29-27-25-10-8-6-4-2)31-47-39-38(46)37(45)36(44)34(30-41)48-39/h26,28,32-34,36-39,41-42,44-46H,3-25,27,29-31H2,1-2H3,(H,40,43)/b28-26+. The lowest BCUT2D eigenvalue weighted by molar-refractivity contribution is -0.302. The molecule has 1 saturated heterocycles. The zero-order valence-corrected chi connectivity index (χ0v) is 30.7. The molecule has 9 heteroatoms. The van der Waals surface area contributed by atoms with Crippen LogP contribution in [0.4, 0.5) is 0 Å². The Morgan fingerprint density at radius 1 is 0.688 bits per heavy atom. The molecule has 9 nitrogen and oxygen atoms in total. The van der Waals surface area contributed by atoms with Gasteiger partial charge in [-0.25, -0.2) is 0 Å². The summed E-state index contributed by atoms with van der Waals surface area (Å²) in [7, 11) is 0. The molecule has 1 fully saturated rings. The van der Waals surface area contributed by atoms with E-state index < -0.39 is 49.5 Å². The minimum Gasteiger partial charge on any atom is -0.394 e. The van der Waals surface area contributed by atoms with Crippen molar-refractivity contribution in [1.29, 1.82) is 0 Å². The van der Waals surface area contributed by atoms with Gasteiger partial charge in [0.15, 0.2) is 6.29 Å². The van der Waals surface area contributed by atoms with E-state index in [2.05, 4.69) is 19.2 Å². The van der Waals surface area contributed by atoms with Gasteiger partial charge in [0.25, 0.3) is 0 Å². The van der Waals surface area contributed by atoms with Gasteiger partial charge in [-0.3, -0.25) is 4.79 Å². The van der Waals surface area contributed by atoms with E-state index in [9.17, 15) is 30.3 Å². The number of ether oxygens (including phenoxy) is 2. The number of hydrogen-bond acceptors (Lipinski definition) is 8. The van der Waals surface area contributed by atoms with Crippen molar-refractivity contribution in [2.45, 2.75) is 217 Å². The molecule has 0 aromatic rings. The Hall–Kier alpha value is -1.07. The van der Waals surface area contributed by atoms with E-state index in [0.717, 1.165) is 44.9 Å². The molecule has 1 heterocycles. The smallest absolute Gasteiger partial charge is 0.220 e. The summed E-state index contributed by atoms with van der Waals surface area (Å²) in [5.41, 5.74) is 0. The van der Waals surface area contributed by atoms with E-state index in [0.29, 0.717) is 6.42 Å². The fraction of sp³-hybridized carbons (Fsp3) is 0.923. The summed E-state index contributed by atoms with van der Waals surface area (Å²) in [5, 5.41) is 53.7. The van der Waals surface area contributed by atoms with Crippen LogP contribution in [0.3, 0.4) is 0 Å². The highest BCUT2D eigenvalue weighted by Gasteiger charge is 2.44. The lowest BCUT2D eigenvalue weighted by Gasteiger charge is -2.40. The second kappa shape index (κ2) is 30.7. The van der Waals surface area contributed by atoms with Gasteiger partial charge < -0.3 is 40.3 Å². The number of carbonyl (C=O) groups is 1. The van der Waals surface area contributed by atoms with Crippen LogP contribution in [0.1, 0.15) is 174 Å². The summed E-state index contributed by atoms with van der Waals surface area (Å²) in [6.45, 7) is 3.69. The minimum atomic E-state index is -1.56. The number of amides is 1. The van der Waals surface area contributed by atoms with Crippen molar-refractivity contribution < 1.29 is 39.8 Å². The summed E-state index contributed by atoms with van der Waals surface area (Å²) in [6, 6.07) is -0.795. The molecule has 0 bridgehead atoms. The Morgan fingerprint density at radius 3 is 1.62 bits per heavy atom. The molecule has 0 saturated carbocycles. The Kier molecular flexibility index (Phi) is 28.8. The van der Waals surface area contributed by atoms with Crippen LogP contribution in [0.5, 0.6) is 0 Å². The topological polar surface area (TPSA) is 149 Å². The second-order valence-electron chi connectivity index (χ2n) is 14.1. The minimum absolute atomic E-state index is 0.185. The third-order valence-electron chi connectivity index (χ3n) is 9.61. The molecular formula is C39H75NO8. The molecule has 7 atom stereocenters. The molecule has 0 aromatic heterocycles. The molecule has 1 rings (SSSR count). The molecule has 6 N–H and O–H groups in total. The number of aliphatic hydroxyl groups is 5. The van der Waals surface area contributed by atoms with Crippen LogP contribution in [0.15, 0.2) is 12.2 Å². The lowest BCUT2D eigenvalue weighted by atomic mass is 9.99. The van der Waals surface area contributed by atoms with Gasteiger partial charge >= 0.3 is 0 Å². The first-order valence-corrected chi connectivity index (χ1v) is 19.9. The van der Waals surface area contributed by atoms with Crippen LogP contribution in [0.2, 0.25) is 0 Å². The van der Waals surface area contributed by atoms with Gasteiger partial charge in [0, 0.05) is 6.42 Å². The number of allylic oxidation sites excluding steroid dienone is 1. The van der Waals surface area contributed by atoms with E-state index >= 15 is 0 Å². The van der Waals surface area contributed by atoms with Crippen LogP contribution < -0.4 is 5.32 Å². The van der Waals surface area contributed by atoms with E-state index in [1.165, 1.54) is 109 Å². The first-order chi connectivity index (χ1) is 23.3. The van der Waals surface area contributed by atoms with Crippen molar-refractivity contribution in [3.63, 3.8) is 0 Å². The summed E-state index contributed by atoms with van der Waals surface area (Å²) in [5.74, 6) is -0.187. The quantitative estimate of drug-likeness (QED) is 0.0328. The van der Waals surface area contributed by atoms with Gasteiger partial charge in [0.2, 0.25) is 5.91 Å². The van der Waals surface area contributed by atoms with Crippen molar-refractivity contribution in [2.24, 2.45) is 0 Å². The number of nitrogens with one attached hydrogen (secondary N) is 1. The summed E-state index contributed by atoms with van der Waals surface area (Å²) < 4.78 is 11.1. The normalized spacial score (nSPS) is 22.7. The average Bonchev–Trinajstić information content (AvgIpc) is 3.08. The van der Waals surface area contributed by atoms with Gasteiger partial charge in [0.1, 0.15) is 24.4 Å². The van der Waals surface area contributed by atoms with E-state index in [1.807, 2.05) is 6.08 Å². The predicted molar refractivity (Wildman–Crippen MR) is 194 cm³/mol. The van der Waals surface area contributed by atoms with Crippen molar-refractivity contribution in [2.75, 3.05) is 13.2 Å². The Bertz CT molecular complexity index is 766. The van der Waals surface area contributed by atoms with Gasteiger partial charge in [-0.15, -0.1) is 0 Å². The van der Waals surface area contributed by atoms with Gasteiger partial charge in [-0.1, -0.05) is 161 Å². The number of carbonyl (C=O) groups excluding carboxylic acids is 1. The van der Waals surface area contributed by atoms with Crippen LogP contribution >= 0.6 is 0 Å². The summed E-state index contributed by atoms with van der Waals surface area (Å²) >= 11 is 0. The predicted octanol–water partition coefficient (Wildman–Crippen LogP) is 7.00. The van der Waals surface area contributed by atoms with Crippen LogP contribution in [0.25, 0.3) is 0 Å². The number of hydrogen-bond donors (Lipinski definition) is 6. The number of rotatable bonds is 32. The van der Waals surface area contributed by atoms with Crippen molar-refractivity contribution in [3.05, 3.63) is 12.2 Å². The zero-order chi connectivity index (χ0) is 35.2. The highest BCUT2D eigenvalue weighted by molar-refractivity contribution is 5.76. The first-order valence-electron chi connectivity index (χ1n) is 19.9. The van der Waals surface area contributed by atoms with E-state index in [4.69, 9.17) is 9.47 Å². The molecule has 0 spiro atoms. The van der Waals surface area contributed by atoms with Crippen molar-refractivity contribution in [3.8, 4) is 0 Å². The molecule has 1 amide bonds. The van der Waals surface area contributed by atoms with E-state index in [-0.39, 0.29) is 12.5 Å². The maximum atomic E-state index is 12.7. The SMILES string of the molecule is CCCCCCCCCCCCCCCCCCC/C=C/C(O)C(COC1OC(CO)C(O)C(O)C1O)NC(=O)CCCCCCCC. The van der Waals surface area contributed by atoms with Crippen LogP contribution in [-0.4, -0.2) is 87.5 Å². The second-order valence-corrected chi connectivity index (χ2v) is 14.1. The Balaban J connectivity index is 2.33. The maximum absolute atomic E-state index is 12.7. The monoisotopic (exact) mass is 686 g/mol. The summed E-state index contributed by atoms with van der Waals surface area (Å²) in [4.78, 5) is 12.7. The Morgan fingerprint density at radius 2 is 1.15 bits per heavy atom. The molecule has 0 radical (unpaired) electrons.